The van der Waals surface area contributed by atoms with Crippen molar-refractivity contribution < 1.29 is 4.74 Å². The van der Waals surface area contributed by atoms with Gasteiger partial charge in [0.1, 0.15) is 0 Å². The van der Waals surface area contributed by atoms with Crippen LogP contribution in [0.5, 0.6) is 0 Å². The van der Waals surface area contributed by atoms with Crippen LogP contribution in [-0.4, -0.2) is 20.3 Å². The molecule has 2 nitrogen and oxygen atoms in total. The van der Waals surface area contributed by atoms with Gasteiger partial charge in [0, 0.05) is 19.1 Å². The van der Waals surface area contributed by atoms with Crippen molar-refractivity contribution in [1.82, 2.24) is 0 Å². The maximum atomic E-state index is 5.82. The summed E-state index contributed by atoms with van der Waals surface area (Å²) in [5, 5.41) is 0. The molecule has 0 fully saturated rings. The monoisotopic (exact) mass is 173 g/mol. The zero-order valence-corrected chi connectivity index (χ0v) is 9.05. The SMILES string of the molecule is COCC(CN)(C(C)C)C(C)C. The van der Waals surface area contributed by atoms with Crippen molar-refractivity contribution in [2.24, 2.45) is 23.0 Å². The molecule has 2 heteroatoms. The van der Waals surface area contributed by atoms with E-state index in [1.807, 2.05) is 0 Å². The Morgan fingerprint density at radius 3 is 1.67 bits per heavy atom. The van der Waals surface area contributed by atoms with Crippen molar-refractivity contribution in [1.29, 1.82) is 0 Å². The molecule has 0 amide bonds. The van der Waals surface area contributed by atoms with Crippen LogP contribution in [0.4, 0.5) is 0 Å². The number of rotatable bonds is 5. The molecule has 0 aliphatic rings. The van der Waals surface area contributed by atoms with E-state index in [0.717, 1.165) is 6.61 Å². The van der Waals surface area contributed by atoms with E-state index in [2.05, 4.69) is 27.7 Å². The lowest BCUT2D eigenvalue weighted by Gasteiger charge is -2.39. The molecular weight excluding hydrogens is 150 g/mol. The summed E-state index contributed by atoms with van der Waals surface area (Å²) >= 11 is 0. The highest BCUT2D eigenvalue weighted by molar-refractivity contribution is 4.86. The average molecular weight is 173 g/mol. The third-order valence-corrected chi connectivity index (χ3v) is 3.09. The Labute approximate surface area is 76.5 Å². The minimum Gasteiger partial charge on any atom is -0.384 e. The van der Waals surface area contributed by atoms with Crippen molar-refractivity contribution >= 4 is 0 Å². The van der Waals surface area contributed by atoms with Gasteiger partial charge in [0.2, 0.25) is 0 Å². The highest BCUT2D eigenvalue weighted by atomic mass is 16.5. The molecule has 0 heterocycles. The molecule has 0 aromatic rings. The maximum Gasteiger partial charge on any atom is 0.0535 e. The standard InChI is InChI=1S/C10H23NO/c1-8(2)10(6-11,7-12-5)9(3)4/h8-9H,6-7,11H2,1-5H3. The summed E-state index contributed by atoms with van der Waals surface area (Å²) in [4.78, 5) is 0. The van der Waals surface area contributed by atoms with Crippen LogP contribution in [0.1, 0.15) is 27.7 Å². The van der Waals surface area contributed by atoms with Gasteiger partial charge < -0.3 is 10.5 Å². The second kappa shape index (κ2) is 4.83. The number of hydrogen-bond donors (Lipinski definition) is 1. The fourth-order valence-electron chi connectivity index (χ4n) is 1.80. The van der Waals surface area contributed by atoms with E-state index in [9.17, 15) is 0 Å². The van der Waals surface area contributed by atoms with Gasteiger partial charge in [-0.2, -0.15) is 0 Å². The first-order valence-electron chi connectivity index (χ1n) is 4.70. The van der Waals surface area contributed by atoms with Gasteiger partial charge >= 0.3 is 0 Å². The topological polar surface area (TPSA) is 35.2 Å². The van der Waals surface area contributed by atoms with Crippen LogP contribution in [0, 0.1) is 17.3 Å². The van der Waals surface area contributed by atoms with Crippen molar-refractivity contribution in [2.75, 3.05) is 20.3 Å². The van der Waals surface area contributed by atoms with Gasteiger partial charge in [-0.15, -0.1) is 0 Å². The van der Waals surface area contributed by atoms with E-state index < -0.39 is 0 Å². The molecule has 0 saturated carbocycles. The van der Waals surface area contributed by atoms with Crippen LogP contribution < -0.4 is 5.73 Å². The van der Waals surface area contributed by atoms with Gasteiger partial charge in [0.05, 0.1) is 6.61 Å². The Hall–Kier alpha value is -0.0800. The van der Waals surface area contributed by atoms with Crippen LogP contribution in [-0.2, 0) is 4.74 Å². The summed E-state index contributed by atoms with van der Waals surface area (Å²) in [7, 11) is 1.75. The third-order valence-electron chi connectivity index (χ3n) is 3.09. The molecule has 0 aliphatic carbocycles. The van der Waals surface area contributed by atoms with E-state index in [1.165, 1.54) is 0 Å². The van der Waals surface area contributed by atoms with Crippen molar-refractivity contribution in [3.63, 3.8) is 0 Å². The van der Waals surface area contributed by atoms with E-state index in [4.69, 9.17) is 10.5 Å². The van der Waals surface area contributed by atoms with Gasteiger partial charge in [0.25, 0.3) is 0 Å². The van der Waals surface area contributed by atoms with Gasteiger partial charge in [0.15, 0.2) is 0 Å². The Kier molecular flexibility index (Phi) is 4.80. The summed E-state index contributed by atoms with van der Waals surface area (Å²) < 4.78 is 5.24. The predicted molar refractivity (Wildman–Crippen MR) is 53.0 cm³/mol. The molecule has 0 aliphatic heterocycles. The second-order valence-electron chi connectivity index (χ2n) is 4.18. The number of hydrogen-bond acceptors (Lipinski definition) is 2. The molecule has 0 aromatic heterocycles. The lowest BCUT2D eigenvalue weighted by atomic mass is 9.69. The summed E-state index contributed by atoms with van der Waals surface area (Å²) in [5.74, 6) is 1.14. The summed E-state index contributed by atoms with van der Waals surface area (Å²) in [5.41, 5.74) is 5.96. The molecule has 0 atom stereocenters. The molecular formula is C10H23NO. The van der Waals surface area contributed by atoms with Crippen molar-refractivity contribution in [3.05, 3.63) is 0 Å². The zero-order chi connectivity index (χ0) is 9.78. The zero-order valence-electron chi connectivity index (χ0n) is 9.05. The van der Waals surface area contributed by atoms with Crippen molar-refractivity contribution in [3.8, 4) is 0 Å². The molecule has 0 radical (unpaired) electrons. The van der Waals surface area contributed by atoms with Gasteiger partial charge in [-0.3, -0.25) is 0 Å². The van der Waals surface area contributed by atoms with Crippen molar-refractivity contribution in [2.45, 2.75) is 27.7 Å². The summed E-state index contributed by atoms with van der Waals surface area (Å²) in [6.07, 6.45) is 0. The van der Waals surface area contributed by atoms with Gasteiger partial charge in [-0.25, -0.2) is 0 Å². The predicted octanol–water partition coefficient (Wildman–Crippen LogP) is 1.89. The van der Waals surface area contributed by atoms with E-state index in [0.29, 0.717) is 18.4 Å². The molecule has 74 valence electrons. The highest BCUT2D eigenvalue weighted by Crippen LogP contribution is 2.34. The van der Waals surface area contributed by atoms with Crippen LogP contribution >= 0.6 is 0 Å². The first-order valence-corrected chi connectivity index (χ1v) is 4.70. The van der Waals surface area contributed by atoms with Crippen LogP contribution in [0.3, 0.4) is 0 Å². The van der Waals surface area contributed by atoms with Crippen LogP contribution in [0.25, 0.3) is 0 Å². The molecule has 12 heavy (non-hydrogen) atoms. The lowest BCUT2D eigenvalue weighted by Crippen LogP contribution is -2.44. The Morgan fingerprint density at radius 2 is 1.58 bits per heavy atom. The molecule has 0 spiro atoms. The quantitative estimate of drug-likeness (QED) is 0.689. The molecule has 0 unspecified atom stereocenters. The summed E-state index contributed by atoms with van der Waals surface area (Å²) in [6, 6.07) is 0. The Bertz CT molecular complexity index is 113. The number of ether oxygens (including phenoxy) is 1. The molecule has 2 N–H and O–H groups in total. The highest BCUT2D eigenvalue weighted by Gasteiger charge is 2.35. The maximum absolute atomic E-state index is 5.82. The third kappa shape index (κ3) is 2.20. The largest absolute Gasteiger partial charge is 0.384 e. The lowest BCUT2D eigenvalue weighted by molar-refractivity contribution is 0.0124. The molecule has 0 aromatic carbocycles. The minimum atomic E-state index is 0.148. The smallest absolute Gasteiger partial charge is 0.0535 e. The van der Waals surface area contributed by atoms with Gasteiger partial charge in [-0.1, -0.05) is 27.7 Å². The fourth-order valence-corrected chi connectivity index (χ4v) is 1.80. The van der Waals surface area contributed by atoms with E-state index in [-0.39, 0.29) is 5.41 Å². The second-order valence-corrected chi connectivity index (χ2v) is 4.18. The van der Waals surface area contributed by atoms with Gasteiger partial charge in [-0.05, 0) is 11.8 Å². The Morgan fingerprint density at radius 1 is 1.17 bits per heavy atom. The molecule has 0 bridgehead atoms. The van der Waals surface area contributed by atoms with E-state index >= 15 is 0 Å². The van der Waals surface area contributed by atoms with E-state index in [1.54, 1.807) is 7.11 Å². The Balaban J connectivity index is 4.51. The normalized spacial score (nSPS) is 13.0. The number of nitrogens with two attached hydrogens (primary N) is 1. The first kappa shape index (κ1) is 11.9. The molecule has 0 rings (SSSR count). The molecule has 0 saturated heterocycles. The van der Waals surface area contributed by atoms with Crippen LogP contribution in [0.2, 0.25) is 0 Å². The number of methoxy groups -OCH3 is 1. The minimum absolute atomic E-state index is 0.148. The fraction of sp³-hybridized carbons (Fsp3) is 1.00. The average Bonchev–Trinajstić information content (AvgIpc) is 1.98. The first-order chi connectivity index (χ1) is 5.51. The van der Waals surface area contributed by atoms with Crippen LogP contribution in [0.15, 0.2) is 0 Å². The summed E-state index contributed by atoms with van der Waals surface area (Å²) in [6.45, 7) is 10.3.